The zero-order chi connectivity index (χ0) is 23.8. The molecule has 3 aromatic heterocycles. The molecule has 10 nitrogen and oxygen atoms in total. The van der Waals surface area contributed by atoms with E-state index < -0.39 is 10.0 Å². The molecule has 1 aromatic carbocycles. The van der Waals surface area contributed by atoms with Crippen molar-refractivity contribution in [2.75, 3.05) is 27.7 Å². The second-order valence-corrected chi connectivity index (χ2v) is 9.99. The van der Waals surface area contributed by atoms with E-state index in [4.69, 9.17) is 16.3 Å². The van der Waals surface area contributed by atoms with Gasteiger partial charge in [0.05, 0.1) is 28.4 Å². The lowest BCUT2D eigenvalue weighted by molar-refractivity contribution is 0.383. The Morgan fingerprint density at radius 2 is 1.88 bits per heavy atom. The van der Waals surface area contributed by atoms with Gasteiger partial charge in [-0.05, 0) is 44.4 Å². The summed E-state index contributed by atoms with van der Waals surface area (Å²) in [5, 5.41) is 14.6. The third kappa shape index (κ3) is 4.26. The lowest BCUT2D eigenvalue weighted by Crippen LogP contribution is -2.20. The van der Waals surface area contributed by atoms with Gasteiger partial charge >= 0.3 is 0 Å². The van der Waals surface area contributed by atoms with E-state index in [0.717, 1.165) is 5.56 Å². The van der Waals surface area contributed by atoms with Crippen LogP contribution < -0.4 is 4.74 Å². The maximum atomic E-state index is 13.5. The second-order valence-electron chi connectivity index (χ2n) is 7.76. The molecule has 0 saturated heterocycles. The number of methoxy groups -OCH3 is 1. The van der Waals surface area contributed by atoms with Crippen LogP contribution in [0.1, 0.15) is 5.56 Å². The van der Waals surface area contributed by atoms with Gasteiger partial charge in [0.25, 0.3) is 10.0 Å². The van der Waals surface area contributed by atoms with Gasteiger partial charge in [-0.3, -0.25) is 0 Å². The molecule has 1 N–H and O–H groups in total. The molecule has 0 amide bonds. The minimum absolute atomic E-state index is 0.165. The van der Waals surface area contributed by atoms with E-state index in [0.29, 0.717) is 41.7 Å². The van der Waals surface area contributed by atoms with Crippen LogP contribution in [0.3, 0.4) is 0 Å². The molecule has 4 rings (SSSR count). The molecule has 174 valence electrons. The zero-order valence-electron chi connectivity index (χ0n) is 18.6. The van der Waals surface area contributed by atoms with Crippen molar-refractivity contribution in [1.82, 2.24) is 34.1 Å². The van der Waals surface area contributed by atoms with Crippen molar-refractivity contribution in [2.24, 2.45) is 0 Å². The number of halogens is 1. The normalized spacial score (nSPS) is 11.9. The molecule has 0 radical (unpaired) electrons. The highest BCUT2D eigenvalue weighted by molar-refractivity contribution is 7.90. The van der Waals surface area contributed by atoms with Crippen LogP contribution in [0.5, 0.6) is 5.75 Å². The van der Waals surface area contributed by atoms with Crippen molar-refractivity contribution in [2.45, 2.75) is 18.4 Å². The lowest BCUT2D eigenvalue weighted by atomic mass is 10.2. The third-order valence-corrected chi connectivity index (χ3v) is 7.23. The number of aromatic nitrogens is 6. The number of hydrogen-bond acceptors (Lipinski definition) is 7. The standard InChI is InChI=1S/C21H24ClN7O3S/c1-14-5-7-15(8-6-14)33(30,31)29-10-9-16(22)19(29)17-13-18(32-4)20(21-23-25-26-24-21)28(17)12-11-27(2)3/h5-10,13H,11-12H2,1-4H3,(H,23,24,25,26). The highest BCUT2D eigenvalue weighted by Crippen LogP contribution is 2.40. The number of H-pyrrole nitrogens is 1. The second kappa shape index (κ2) is 9.00. The molecule has 0 spiro atoms. The van der Waals surface area contributed by atoms with E-state index in [2.05, 4.69) is 20.6 Å². The van der Waals surface area contributed by atoms with Crippen molar-refractivity contribution in [3.63, 3.8) is 0 Å². The molecule has 0 aliphatic heterocycles. The van der Waals surface area contributed by atoms with Crippen LogP contribution in [-0.2, 0) is 16.6 Å². The van der Waals surface area contributed by atoms with Crippen LogP contribution in [0.15, 0.2) is 47.5 Å². The molecule has 0 aliphatic rings. The van der Waals surface area contributed by atoms with Crippen LogP contribution in [0.4, 0.5) is 0 Å². The average Bonchev–Trinajstić information content (AvgIpc) is 3.50. The molecule has 0 fully saturated rings. The van der Waals surface area contributed by atoms with Crippen molar-refractivity contribution >= 4 is 21.6 Å². The van der Waals surface area contributed by atoms with Gasteiger partial charge in [-0.25, -0.2) is 12.4 Å². The van der Waals surface area contributed by atoms with Gasteiger partial charge in [0.15, 0.2) is 0 Å². The monoisotopic (exact) mass is 489 g/mol. The van der Waals surface area contributed by atoms with Crippen molar-refractivity contribution in [3.05, 3.63) is 53.2 Å². The number of ether oxygens (including phenoxy) is 1. The maximum Gasteiger partial charge on any atom is 0.268 e. The van der Waals surface area contributed by atoms with E-state index in [9.17, 15) is 8.42 Å². The molecule has 12 heteroatoms. The summed E-state index contributed by atoms with van der Waals surface area (Å²) in [6, 6.07) is 9.98. The molecule has 4 aromatic rings. The number of tetrazole rings is 1. The number of aryl methyl sites for hydroxylation is 1. The minimum atomic E-state index is -3.91. The summed E-state index contributed by atoms with van der Waals surface area (Å²) < 4.78 is 35.8. The summed E-state index contributed by atoms with van der Waals surface area (Å²) >= 11 is 6.56. The Morgan fingerprint density at radius 1 is 1.15 bits per heavy atom. The predicted molar refractivity (Wildman–Crippen MR) is 125 cm³/mol. The molecule has 0 unspecified atom stereocenters. The number of likely N-dealkylation sites (N-methyl/N-ethyl adjacent to an activating group) is 1. The molecule has 0 bridgehead atoms. The summed E-state index contributed by atoms with van der Waals surface area (Å²) in [6.45, 7) is 3.07. The minimum Gasteiger partial charge on any atom is -0.494 e. The summed E-state index contributed by atoms with van der Waals surface area (Å²) in [4.78, 5) is 2.18. The fourth-order valence-electron chi connectivity index (χ4n) is 3.55. The lowest BCUT2D eigenvalue weighted by Gasteiger charge is -2.17. The van der Waals surface area contributed by atoms with Gasteiger partial charge < -0.3 is 14.2 Å². The summed E-state index contributed by atoms with van der Waals surface area (Å²) in [5.41, 5.74) is 2.41. The number of nitrogens with zero attached hydrogens (tertiary/aromatic N) is 6. The number of hydrogen-bond donors (Lipinski definition) is 1. The Kier molecular flexibility index (Phi) is 6.28. The Labute approximate surface area is 196 Å². The molecule has 0 saturated carbocycles. The molecular weight excluding hydrogens is 466 g/mol. The highest BCUT2D eigenvalue weighted by Gasteiger charge is 2.28. The third-order valence-electron chi connectivity index (χ3n) is 5.23. The number of rotatable bonds is 8. The van der Waals surface area contributed by atoms with E-state index in [1.54, 1.807) is 36.4 Å². The predicted octanol–water partition coefficient (Wildman–Crippen LogP) is 2.91. The first-order valence-electron chi connectivity index (χ1n) is 10.1. The first-order valence-corrected chi connectivity index (χ1v) is 11.9. The summed E-state index contributed by atoms with van der Waals surface area (Å²) in [5.74, 6) is 0.800. The van der Waals surface area contributed by atoms with Crippen molar-refractivity contribution < 1.29 is 13.2 Å². The number of nitrogens with one attached hydrogen (secondary N) is 1. The molecular formula is C21H24ClN7O3S. The van der Waals surface area contributed by atoms with Gasteiger partial charge in [0.2, 0.25) is 5.82 Å². The van der Waals surface area contributed by atoms with E-state index >= 15 is 0 Å². The Bertz CT molecular complexity index is 1360. The first-order chi connectivity index (χ1) is 15.7. The largest absolute Gasteiger partial charge is 0.494 e. The van der Waals surface area contributed by atoms with Gasteiger partial charge in [-0.2, -0.15) is 5.21 Å². The average molecular weight is 490 g/mol. The van der Waals surface area contributed by atoms with Crippen LogP contribution >= 0.6 is 11.6 Å². The highest BCUT2D eigenvalue weighted by atomic mass is 35.5. The maximum absolute atomic E-state index is 13.5. The fourth-order valence-corrected chi connectivity index (χ4v) is 5.21. The van der Waals surface area contributed by atoms with E-state index in [-0.39, 0.29) is 9.92 Å². The number of benzene rings is 1. The van der Waals surface area contributed by atoms with Crippen LogP contribution in [-0.4, -0.2) is 70.2 Å². The van der Waals surface area contributed by atoms with Crippen molar-refractivity contribution in [3.8, 4) is 28.7 Å². The Balaban J connectivity index is 1.95. The van der Waals surface area contributed by atoms with Crippen LogP contribution in [0.2, 0.25) is 5.02 Å². The van der Waals surface area contributed by atoms with Gasteiger partial charge in [-0.15, -0.1) is 10.2 Å². The van der Waals surface area contributed by atoms with Crippen LogP contribution in [0.25, 0.3) is 22.9 Å². The molecule has 3 heterocycles. The SMILES string of the molecule is COc1cc(-c2c(Cl)ccn2S(=O)(=O)c2ccc(C)cc2)n(CCN(C)C)c1-c1nn[nH]n1. The topological polar surface area (TPSA) is 111 Å². The quantitative estimate of drug-likeness (QED) is 0.405. The smallest absolute Gasteiger partial charge is 0.268 e. The van der Waals surface area contributed by atoms with E-state index in [1.165, 1.54) is 17.3 Å². The number of aromatic amines is 1. The fraction of sp³-hybridized carbons (Fsp3) is 0.286. The Hall–Kier alpha value is -3.15. The summed E-state index contributed by atoms with van der Waals surface area (Å²) in [6.07, 6.45) is 1.46. The van der Waals surface area contributed by atoms with Crippen LogP contribution in [0, 0.1) is 6.92 Å². The van der Waals surface area contributed by atoms with Gasteiger partial charge in [0, 0.05) is 25.4 Å². The van der Waals surface area contributed by atoms with Crippen molar-refractivity contribution in [1.29, 1.82) is 0 Å². The van der Waals surface area contributed by atoms with E-state index in [1.807, 2.05) is 30.5 Å². The molecule has 33 heavy (non-hydrogen) atoms. The summed E-state index contributed by atoms with van der Waals surface area (Å²) in [7, 11) is 1.52. The Morgan fingerprint density at radius 3 is 2.48 bits per heavy atom. The van der Waals surface area contributed by atoms with Gasteiger partial charge in [-0.1, -0.05) is 29.3 Å². The molecule has 0 atom stereocenters. The van der Waals surface area contributed by atoms with Gasteiger partial charge in [0.1, 0.15) is 11.4 Å². The first kappa shape index (κ1) is 23.0. The molecule has 0 aliphatic carbocycles. The zero-order valence-corrected chi connectivity index (χ0v) is 20.2.